The van der Waals surface area contributed by atoms with Gasteiger partial charge in [-0.25, -0.2) is 15.0 Å². The molecule has 0 saturated carbocycles. The van der Waals surface area contributed by atoms with E-state index >= 15 is 0 Å². The molecule has 78 heavy (non-hydrogen) atoms. The quantitative estimate of drug-likeness (QED) is 0.144. The highest BCUT2D eigenvalue weighted by molar-refractivity contribution is 6.13. The molecule has 0 spiro atoms. The van der Waals surface area contributed by atoms with E-state index in [0.717, 1.165) is 105 Å². The molecule has 14 rings (SSSR count). The van der Waals surface area contributed by atoms with Crippen molar-refractivity contribution in [1.29, 1.82) is 5.26 Å². The van der Waals surface area contributed by atoms with Crippen LogP contribution in [0.15, 0.2) is 255 Å². The molecule has 0 aliphatic rings. The summed E-state index contributed by atoms with van der Waals surface area (Å²) >= 11 is 0. The molecule has 11 aromatic carbocycles. The number of nitrogens with zero attached hydrogens (tertiary/aromatic N) is 6. The van der Waals surface area contributed by atoms with Crippen LogP contribution >= 0.6 is 0 Å². The first kappa shape index (κ1) is 46.1. The molecule has 0 aliphatic heterocycles. The van der Waals surface area contributed by atoms with Gasteiger partial charge in [-0.15, -0.1) is 0 Å². The lowest BCUT2D eigenvalue weighted by Crippen LogP contribution is -2.06. The second kappa shape index (κ2) is 19.0. The van der Waals surface area contributed by atoms with E-state index in [9.17, 15) is 5.26 Å². The van der Waals surface area contributed by atoms with Gasteiger partial charge in [0.1, 0.15) is 0 Å². The predicted molar refractivity (Wildman–Crippen MR) is 321 cm³/mol. The Labute approximate surface area is 452 Å². The Morgan fingerprint density at radius 1 is 0.308 bits per heavy atom. The van der Waals surface area contributed by atoms with Crippen molar-refractivity contribution >= 4 is 43.6 Å². The van der Waals surface area contributed by atoms with E-state index in [1.807, 2.05) is 54.6 Å². The number of aryl methyl sites for hydroxylation is 2. The topological polar surface area (TPSA) is 72.3 Å². The van der Waals surface area contributed by atoms with Crippen molar-refractivity contribution in [2.75, 3.05) is 0 Å². The summed E-state index contributed by atoms with van der Waals surface area (Å²) in [5.41, 5.74) is 20.3. The van der Waals surface area contributed by atoms with Gasteiger partial charge in [-0.05, 0) is 120 Å². The lowest BCUT2D eigenvalue weighted by Gasteiger charge is -2.21. The zero-order valence-corrected chi connectivity index (χ0v) is 42.9. The molecule has 14 aromatic rings. The molecule has 0 amide bonds. The van der Waals surface area contributed by atoms with Crippen molar-refractivity contribution in [1.82, 2.24) is 24.1 Å². The van der Waals surface area contributed by atoms with E-state index in [0.29, 0.717) is 23.0 Å². The normalized spacial score (nSPS) is 11.4. The van der Waals surface area contributed by atoms with Crippen LogP contribution in [0.5, 0.6) is 0 Å². The third-order valence-electron chi connectivity index (χ3n) is 15.1. The van der Waals surface area contributed by atoms with Gasteiger partial charge < -0.3 is 9.13 Å². The van der Waals surface area contributed by atoms with E-state index in [2.05, 4.69) is 229 Å². The van der Waals surface area contributed by atoms with Crippen molar-refractivity contribution in [3.8, 4) is 96.1 Å². The molecule has 0 atom stereocenters. The molecule has 0 aliphatic carbocycles. The summed E-state index contributed by atoms with van der Waals surface area (Å²) in [7, 11) is 0. The summed E-state index contributed by atoms with van der Waals surface area (Å²) in [5, 5.41) is 14.8. The Kier molecular flexibility index (Phi) is 11.2. The van der Waals surface area contributed by atoms with Crippen molar-refractivity contribution in [2.45, 2.75) is 13.8 Å². The fraction of sp³-hybridized carbons (Fsp3) is 0.0278. The largest absolute Gasteiger partial charge is 0.309 e. The fourth-order valence-electron chi connectivity index (χ4n) is 11.5. The molecule has 366 valence electrons. The van der Waals surface area contributed by atoms with Crippen LogP contribution in [0, 0.1) is 25.2 Å². The first-order chi connectivity index (χ1) is 38.4. The summed E-state index contributed by atoms with van der Waals surface area (Å²) in [6.45, 7) is 4.29. The monoisotopic (exact) mass is 996 g/mol. The first-order valence-corrected chi connectivity index (χ1v) is 26.3. The third-order valence-corrected chi connectivity index (χ3v) is 15.1. The van der Waals surface area contributed by atoms with Crippen LogP contribution in [0.3, 0.4) is 0 Å². The molecule has 0 N–H and O–H groups in total. The average Bonchev–Trinajstić information content (AvgIpc) is 4.20. The highest BCUT2D eigenvalue weighted by Gasteiger charge is 2.26. The molecule has 6 heteroatoms. The zero-order chi connectivity index (χ0) is 52.3. The van der Waals surface area contributed by atoms with Gasteiger partial charge in [0, 0.05) is 38.2 Å². The Morgan fingerprint density at radius 2 is 0.744 bits per heavy atom. The highest BCUT2D eigenvalue weighted by Crippen LogP contribution is 2.46. The molecule has 0 radical (unpaired) electrons. The highest BCUT2D eigenvalue weighted by atomic mass is 15.1. The number of fused-ring (bicyclic) bond motifs is 6. The summed E-state index contributed by atoms with van der Waals surface area (Å²) in [6.07, 6.45) is 0. The van der Waals surface area contributed by atoms with Crippen LogP contribution in [0.4, 0.5) is 0 Å². The van der Waals surface area contributed by atoms with E-state index < -0.39 is 0 Å². The van der Waals surface area contributed by atoms with Gasteiger partial charge in [-0.1, -0.05) is 199 Å². The van der Waals surface area contributed by atoms with E-state index in [1.54, 1.807) is 0 Å². The third kappa shape index (κ3) is 8.01. The summed E-state index contributed by atoms with van der Waals surface area (Å²) in [4.78, 5) is 16.3. The van der Waals surface area contributed by atoms with Crippen LogP contribution in [0.25, 0.3) is 134 Å². The Hall–Kier alpha value is -10.5. The molecule has 0 fully saturated rings. The summed E-state index contributed by atoms with van der Waals surface area (Å²) in [6, 6.07) is 92.4. The van der Waals surface area contributed by atoms with Crippen molar-refractivity contribution < 1.29 is 0 Å². The lowest BCUT2D eigenvalue weighted by molar-refractivity contribution is 1.06. The predicted octanol–water partition coefficient (Wildman–Crippen LogP) is 18.2. The van der Waals surface area contributed by atoms with Crippen molar-refractivity contribution in [2.24, 2.45) is 0 Å². The lowest BCUT2D eigenvalue weighted by atomic mass is 9.92. The maximum absolute atomic E-state index is 10.2. The van der Waals surface area contributed by atoms with Crippen LogP contribution < -0.4 is 0 Å². The minimum atomic E-state index is 0.531. The molecular formula is C72H48N6. The van der Waals surface area contributed by atoms with Gasteiger partial charge in [0.2, 0.25) is 0 Å². The van der Waals surface area contributed by atoms with Gasteiger partial charge in [0.25, 0.3) is 0 Å². The summed E-state index contributed by atoms with van der Waals surface area (Å²) < 4.78 is 4.81. The average molecular weight is 997 g/mol. The number of nitriles is 1. The number of benzene rings is 11. The molecule has 0 saturated heterocycles. The van der Waals surface area contributed by atoms with Crippen molar-refractivity contribution in [3.63, 3.8) is 0 Å². The molecular weight excluding hydrogens is 949 g/mol. The van der Waals surface area contributed by atoms with Crippen molar-refractivity contribution in [3.05, 3.63) is 271 Å². The van der Waals surface area contributed by atoms with Crippen LogP contribution in [0.2, 0.25) is 0 Å². The van der Waals surface area contributed by atoms with Crippen LogP contribution in [0.1, 0.15) is 16.7 Å². The maximum atomic E-state index is 10.2. The second-order valence-corrected chi connectivity index (χ2v) is 20.1. The van der Waals surface area contributed by atoms with E-state index in [-0.39, 0.29) is 0 Å². The standard InChI is InChI=1S/C72H48N6/c1-46-17-13-24-51(39-46)54-33-36-65-60(42-54)57-27-9-11-30-63(57)77(65)67-38-35-56(53-26-15-19-48(41-53)45-73)44-62(67)59-29-16-32-68(69(59)72-75-70(49-20-5-3-6-21-49)74-71(76-72)50-22-7-4-8-23-50)78-64-31-12-10-28-58(64)61-43-55(34-37-66(61)78)52-25-14-18-47(2)40-52/h3-44H,1-2H3. The van der Waals surface area contributed by atoms with E-state index in [1.165, 1.54) is 22.3 Å². The zero-order valence-electron chi connectivity index (χ0n) is 42.9. The Morgan fingerprint density at radius 3 is 1.31 bits per heavy atom. The summed E-state index contributed by atoms with van der Waals surface area (Å²) in [5.74, 6) is 1.67. The van der Waals surface area contributed by atoms with Gasteiger partial charge >= 0.3 is 0 Å². The minimum Gasteiger partial charge on any atom is -0.309 e. The minimum absolute atomic E-state index is 0.531. The van der Waals surface area contributed by atoms with Gasteiger partial charge in [0.15, 0.2) is 17.5 Å². The Bertz CT molecular complexity index is 4650. The number of aromatic nitrogens is 5. The fourth-order valence-corrected chi connectivity index (χ4v) is 11.5. The SMILES string of the molecule is Cc1cccc(-c2ccc3c(c2)c2ccccc2n3-c2ccc(-c3cccc(C#N)c3)cc2-c2cccc(-n3c4ccccc4c4cc(-c5cccc(C)c5)ccc43)c2-c2nc(-c3ccccc3)nc(-c3ccccc3)n2)c1. The molecule has 0 bridgehead atoms. The Balaban J connectivity index is 1.11. The number of hydrogen-bond donors (Lipinski definition) is 0. The molecule has 6 nitrogen and oxygen atoms in total. The number of para-hydroxylation sites is 2. The van der Waals surface area contributed by atoms with Crippen LogP contribution in [-0.4, -0.2) is 24.1 Å². The van der Waals surface area contributed by atoms with Gasteiger partial charge in [-0.3, -0.25) is 0 Å². The number of hydrogen-bond acceptors (Lipinski definition) is 4. The molecule has 3 aromatic heterocycles. The van der Waals surface area contributed by atoms with E-state index in [4.69, 9.17) is 15.0 Å². The number of rotatable bonds is 9. The van der Waals surface area contributed by atoms with Gasteiger partial charge in [-0.2, -0.15) is 5.26 Å². The smallest absolute Gasteiger partial charge is 0.166 e. The molecule has 0 unspecified atom stereocenters. The molecule has 3 heterocycles. The second-order valence-electron chi connectivity index (χ2n) is 20.1. The maximum Gasteiger partial charge on any atom is 0.166 e. The first-order valence-electron chi connectivity index (χ1n) is 26.3. The van der Waals surface area contributed by atoms with Gasteiger partial charge in [0.05, 0.1) is 50.6 Å². The van der Waals surface area contributed by atoms with Crippen LogP contribution in [-0.2, 0) is 0 Å².